The number of alkyl carbamates (subject to hydrolysis) is 1. The Morgan fingerprint density at radius 2 is 1.57 bits per heavy atom. The number of rotatable bonds is 8. The van der Waals surface area contributed by atoms with Crippen molar-refractivity contribution in [1.29, 1.82) is 0 Å². The third kappa shape index (κ3) is 5.97. The monoisotopic (exact) mass is 651 g/mol. The van der Waals surface area contributed by atoms with Gasteiger partial charge < -0.3 is 15.1 Å². The van der Waals surface area contributed by atoms with E-state index in [9.17, 15) is 9.59 Å². The summed E-state index contributed by atoms with van der Waals surface area (Å²) in [5, 5.41) is 4.97. The molecule has 0 radical (unpaired) electrons. The smallest absolute Gasteiger partial charge is 0.407 e. The topological polar surface area (TPSA) is 79.7 Å². The van der Waals surface area contributed by atoms with E-state index in [1.54, 1.807) is 0 Å². The number of halogens is 2. The van der Waals surface area contributed by atoms with E-state index in [0.717, 1.165) is 28.8 Å². The van der Waals surface area contributed by atoms with Gasteiger partial charge in [-0.05, 0) is 46.4 Å². The molecule has 1 N–H and O–H groups in total. The molecule has 8 nitrogen and oxygen atoms in total. The fraction of sp³-hybridized carbons (Fsp3) is 0.270. The summed E-state index contributed by atoms with van der Waals surface area (Å²) in [7, 11) is 0. The molecule has 7 rings (SSSR count). The van der Waals surface area contributed by atoms with Crippen LogP contribution in [0.3, 0.4) is 0 Å². The van der Waals surface area contributed by atoms with Crippen molar-refractivity contribution >= 4 is 28.6 Å². The molecule has 1 aromatic heterocycles. The first-order chi connectivity index (χ1) is 22.9. The molecule has 10 heteroatoms. The summed E-state index contributed by atoms with van der Waals surface area (Å²) in [5.41, 5.74) is 5.11. The lowest BCUT2D eigenvalue weighted by molar-refractivity contribution is 0.137. The Kier molecular flexibility index (Phi) is 8.66. The Morgan fingerprint density at radius 3 is 2.23 bits per heavy atom. The van der Waals surface area contributed by atoms with Gasteiger partial charge >= 0.3 is 6.09 Å². The number of hydrogen-bond acceptors (Lipinski definition) is 6. The lowest BCUT2D eigenvalue weighted by Crippen LogP contribution is -2.55. The standard InChI is InChI=1S/C37H35ClFN5O3/c1-2-32(40-37(46)47-23-29-27-14-8-6-12-25(27)26-13-7-9-15-28(26)29)35-41-34-31(39)17-16-30(38)33(34)36(45)44(35)43-20-18-42(19-21-43)22-24-10-4-3-5-11-24/h3-17,29,32H,2,18-23H2,1H3,(H,40,46)/t32-/m0/s1. The van der Waals surface area contributed by atoms with Crippen molar-refractivity contribution in [3.05, 3.63) is 135 Å². The second-order valence-corrected chi connectivity index (χ2v) is 12.4. The second-order valence-electron chi connectivity index (χ2n) is 12.0. The fourth-order valence-corrected chi connectivity index (χ4v) is 7.03. The van der Waals surface area contributed by atoms with Crippen LogP contribution < -0.4 is 15.9 Å². The molecule has 47 heavy (non-hydrogen) atoms. The predicted molar refractivity (Wildman–Crippen MR) is 182 cm³/mol. The first kappa shape index (κ1) is 30.9. The van der Waals surface area contributed by atoms with Crippen molar-refractivity contribution in [3.8, 4) is 11.1 Å². The first-order valence-corrected chi connectivity index (χ1v) is 16.3. The number of piperazine rings is 1. The molecule has 2 aliphatic rings. The van der Waals surface area contributed by atoms with Crippen molar-refractivity contribution in [2.75, 3.05) is 37.8 Å². The first-order valence-electron chi connectivity index (χ1n) is 16.0. The van der Waals surface area contributed by atoms with E-state index < -0.39 is 23.5 Å². The SMILES string of the molecule is CC[C@H](NC(=O)OCC1c2ccccc2-c2ccccc21)c1nc2c(F)ccc(Cl)c2c(=O)n1N1CCN(Cc2ccccc2)CC1. The number of carbonyl (C=O) groups is 1. The van der Waals surface area contributed by atoms with Gasteiger partial charge in [-0.25, -0.2) is 18.8 Å². The number of nitrogens with zero attached hydrogens (tertiary/aromatic N) is 4. The summed E-state index contributed by atoms with van der Waals surface area (Å²) >= 11 is 6.45. The van der Waals surface area contributed by atoms with E-state index in [2.05, 4.69) is 51.6 Å². The predicted octanol–water partition coefficient (Wildman–Crippen LogP) is 6.63. The molecular weight excluding hydrogens is 617 g/mol. The molecule has 1 aliphatic heterocycles. The van der Waals surface area contributed by atoms with E-state index >= 15 is 4.39 Å². The molecular formula is C37H35ClFN5O3. The van der Waals surface area contributed by atoms with Crippen molar-refractivity contribution in [3.63, 3.8) is 0 Å². The van der Waals surface area contributed by atoms with Crippen LogP contribution in [0.2, 0.25) is 5.02 Å². The van der Waals surface area contributed by atoms with Crippen LogP contribution in [0.5, 0.6) is 0 Å². The van der Waals surface area contributed by atoms with E-state index in [4.69, 9.17) is 16.3 Å². The highest BCUT2D eigenvalue weighted by Gasteiger charge is 2.31. The number of hydrogen-bond donors (Lipinski definition) is 1. The molecule has 5 aromatic rings. The summed E-state index contributed by atoms with van der Waals surface area (Å²) in [5.74, 6) is -0.525. The molecule has 1 amide bonds. The summed E-state index contributed by atoms with van der Waals surface area (Å²) < 4.78 is 22.4. The zero-order valence-electron chi connectivity index (χ0n) is 26.0. The number of fused-ring (bicyclic) bond motifs is 4. The molecule has 0 saturated carbocycles. The van der Waals surface area contributed by atoms with Gasteiger partial charge in [-0.15, -0.1) is 0 Å². The highest BCUT2D eigenvalue weighted by molar-refractivity contribution is 6.35. The van der Waals surface area contributed by atoms with Gasteiger partial charge in [0.2, 0.25) is 0 Å². The van der Waals surface area contributed by atoms with Gasteiger partial charge in [-0.1, -0.05) is 97.4 Å². The minimum absolute atomic E-state index is 0.0122. The van der Waals surface area contributed by atoms with Crippen LogP contribution in [0, 0.1) is 5.82 Å². The highest BCUT2D eigenvalue weighted by Crippen LogP contribution is 2.44. The summed E-state index contributed by atoms with van der Waals surface area (Å²) in [6.07, 6.45) is -0.253. The third-order valence-corrected chi connectivity index (χ3v) is 9.48. The molecule has 240 valence electrons. The largest absolute Gasteiger partial charge is 0.449 e. The highest BCUT2D eigenvalue weighted by atomic mass is 35.5. The molecule has 2 heterocycles. The number of amides is 1. The minimum Gasteiger partial charge on any atom is -0.449 e. The maximum Gasteiger partial charge on any atom is 0.407 e. The number of nitrogens with one attached hydrogen (secondary N) is 1. The maximum atomic E-state index is 15.1. The van der Waals surface area contributed by atoms with Gasteiger partial charge in [-0.3, -0.25) is 9.69 Å². The molecule has 0 bridgehead atoms. The number of carbonyl (C=O) groups excluding carboxylic acids is 1. The molecule has 1 saturated heterocycles. The van der Waals surface area contributed by atoms with Crippen LogP contribution >= 0.6 is 11.6 Å². The lowest BCUT2D eigenvalue weighted by Gasteiger charge is -2.38. The zero-order valence-corrected chi connectivity index (χ0v) is 26.8. The molecule has 0 unspecified atom stereocenters. The second kappa shape index (κ2) is 13.2. The summed E-state index contributed by atoms with van der Waals surface area (Å²) in [6, 6.07) is 28.4. The van der Waals surface area contributed by atoms with Gasteiger partial charge in [0.1, 0.15) is 17.9 Å². The van der Waals surface area contributed by atoms with Crippen LogP contribution in [0.25, 0.3) is 22.0 Å². The Bertz CT molecular complexity index is 1950. The number of ether oxygens (including phenoxy) is 1. The molecule has 1 aliphatic carbocycles. The summed E-state index contributed by atoms with van der Waals surface area (Å²) in [4.78, 5) is 34.5. The van der Waals surface area contributed by atoms with Gasteiger partial charge in [0, 0.05) is 38.6 Å². The Balaban J connectivity index is 1.15. The average Bonchev–Trinajstić information content (AvgIpc) is 3.42. The van der Waals surface area contributed by atoms with Crippen LogP contribution in [0.4, 0.5) is 9.18 Å². The van der Waals surface area contributed by atoms with Crippen molar-refractivity contribution in [1.82, 2.24) is 19.9 Å². The van der Waals surface area contributed by atoms with Crippen molar-refractivity contribution < 1.29 is 13.9 Å². The third-order valence-electron chi connectivity index (χ3n) is 9.16. The van der Waals surface area contributed by atoms with Crippen LogP contribution in [0.1, 0.15) is 47.8 Å². The van der Waals surface area contributed by atoms with E-state index in [-0.39, 0.29) is 34.3 Å². The van der Waals surface area contributed by atoms with Crippen molar-refractivity contribution in [2.45, 2.75) is 31.8 Å². The molecule has 1 fully saturated rings. The van der Waals surface area contributed by atoms with Crippen LogP contribution in [-0.4, -0.2) is 53.4 Å². The zero-order chi connectivity index (χ0) is 32.5. The quantitative estimate of drug-likeness (QED) is 0.203. The van der Waals surface area contributed by atoms with E-state index in [1.807, 2.05) is 54.4 Å². The Morgan fingerprint density at radius 1 is 0.936 bits per heavy atom. The van der Waals surface area contributed by atoms with Gasteiger partial charge in [0.05, 0.1) is 16.5 Å². The van der Waals surface area contributed by atoms with Crippen molar-refractivity contribution in [2.24, 2.45) is 0 Å². The van der Waals surface area contributed by atoms with Crippen LogP contribution in [-0.2, 0) is 11.3 Å². The van der Waals surface area contributed by atoms with Gasteiger partial charge in [0.15, 0.2) is 5.82 Å². The lowest BCUT2D eigenvalue weighted by atomic mass is 9.98. The van der Waals surface area contributed by atoms with E-state index in [0.29, 0.717) is 32.6 Å². The fourth-order valence-electron chi connectivity index (χ4n) is 6.79. The van der Waals surface area contributed by atoms with Gasteiger partial charge in [-0.2, -0.15) is 0 Å². The normalized spacial score (nSPS) is 15.3. The molecule has 4 aromatic carbocycles. The van der Waals surface area contributed by atoms with Crippen LogP contribution in [0.15, 0.2) is 95.8 Å². The van der Waals surface area contributed by atoms with E-state index in [1.165, 1.54) is 22.4 Å². The minimum atomic E-state index is -0.733. The Labute approximate surface area is 277 Å². The number of benzene rings is 4. The molecule has 1 atom stereocenters. The maximum absolute atomic E-state index is 15.1. The Hall–Kier alpha value is -4.73. The van der Waals surface area contributed by atoms with Gasteiger partial charge in [0.25, 0.3) is 5.56 Å². The molecule has 0 spiro atoms. The summed E-state index contributed by atoms with van der Waals surface area (Å²) in [6.45, 7) is 5.27. The average molecular weight is 652 g/mol. The number of aromatic nitrogens is 2.